The molecule has 1 aliphatic rings. The maximum Gasteiger partial charge on any atom is 0.252 e. The maximum absolute atomic E-state index is 12.5. The highest BCUT2D eigenvalue weighted by atomic mass is 16.5. The van der Waals surface area contributed by atoms with Gasteiger partial charge in [-0.15, -0.1) is 0 Å². The van der Waals surface area contributed by atoms with E-state index < -0.39 is 0 Å². The van der Waals surface area contributed by atoms with Crippen LogP contribution in [0.1, 0.15) is 21.6 Å². The van der Waals surface area contributed by atoms with Gasteiger partial charge in [0, 0.05) is 23.7 Å². The minimum Gasteiger partial charge on any atom is -0.472 e. The molecule has 120 valence electrons. The summed E-state index contributed by atoms with van der Waals surface area (Å²) in [5.41, 5.74) is 3.73. The Labute approximate surface area is 138 Å². The van der Waals surface area contributed by atoms with Gasteiger partial charge in [-0.3, -0.25) is 14.5 Å². The molecular formula is C17H15N5O2. The summed E-state index contributed by atoms with van der Waals surface area (Å²) in [5.74, 6) is 0.273. The van der Waals surface area contributed by atoms with Crippen molar-refractivity contribution >= 4 is 5.91 Å². The predicted octanol–water partition coefficient (Wildman–Crippen LogP) is 1.70. The lowest BCUT2D eigenvalue weighted by atomic mass is 10.1. The van der Waals surface area contributed by atoms with Gasteiger partial charge >= 0.3 is 0 Å². The second kappa shape index (κ2) is 5.77. The number of amides is 1. The minimum absolute atomic E-state index is 0.142. The van der Waals surface area contributed by atoms with Crippen LogP contribution < -0.4 is 10.1 Å². The van der Waals surface area contributed by atoms with Gasteiger partial charge in [0.1, 0.15) is 6.61 Å². The van der Waals surface area contributed by atoms with Crippen molar-refractivity contribution in [1.82, 2.24) is 25.1 Å². The molecule has 3 aromatic rings. The van der Waals surface area contributed by atoms with Crippen LogP contribution in [0.25, 0.3) is 11.3 Å². The number of ether oxygens (including phenoxy) is 1. The molecule has 0 spiro atoms. The van der Waals surface area contributed by atoms with E-state index in [0.717, 1.165) is 16.8 Å². The first-order chi connectivity index (χ1) is 11.7. The van der Waals surface area contributed by atoms with Crippen molar-refractivity contribution < 1.29 is 9.53 Å². The standard InChI is InChI=1S/C17H15N5O2/c1-22-15-8-19-17(23)12-5-3-2-4-11(12)10-24-16-9-18-7-14(21-16)13(15)6-20-22/h2-7,9H,8,10H2,1H3,(H,19,23). The first-order valence-corrected chi connectivity index (χ1v) is 7.54. The van der Waals surface area contributed by atoms with Gasteiger partial charge in [0.2, 0.25) is 5.88 Å². The summed E-state index contributed by atoms with van der Waals surface area (Å²) in [6.07, 6.45) is 4.94. The Bertz CT molecular complexity index is 919. The topological polar surface area (TPSA) is 81.9 Å². The summed E-state index contributed by atoms with van der Waals surface area (Å²) in [4.78, 5) is 21.2. The van der Waals surface area contributed by atoms with Gasteiger partial charge in [-0.1, -0.05) is 18.2 Å². The van der Waals surface area contributed by atoms with E-state index in [1.165, 1.54) is 0 Å². The molecule has 2 aromatic heterocycles. The zero-order valence-corrected chi connectivity index (χ0v) is 13.1. The van der Waals surface area contributed by atoms with Gasteiger partial charge in [-0.2, -0.15) is 5.10 Å². The summed E-state index contributed by atoms with van der Waals surface area (Å²) in [7, 11) is 1.83. The molecule has 3 heterocycles. The van der Waals surface area contributed by atoms with Crippen LogP contribution in [0.2, 0.25) is 0 Å². The number of aryl methyl sites for hydroxylation is 1. The smallest absolute Gasteiger partial charge is 0.252 e. The molecule has 7 heteroatoms. The summed E-state index contributed by atoms with van der Waals surface area (Å²) in [6.45, 7) is 0.605. The lowest BCUT2D eigenvalue weighted by Crippen LogP contribution is -2.26. The number of carbonyl (C=O) groups is 1. The van der Waals surface area contributed by atoms with E-state index in [9.17, 15) is 4.79 Å². The van der Waals surface area contributed by atoms with Crippen molar-refractivity contribution in [3.63, 3.8) is 0 Å². The predicted molar refractivity (Wildman–Crippen MR) is 86.2 cm³/mol. The number of nitrogens with zero attached hydrogens (tertiary/aromatic N) is 4. The third-order valence-corrected chi connectivity index (χ3v) is 4.00. The van der Waals surface area contributed by atoms with Crippen molar-refractivity contribution in [3.05, 3.63) is 59.7 Å². The molecule has 0 saturated carbocycles. The molecule has 0 saturated heterocycles. The highest BCUT2D eigenvalue weighted by molar-refractivity contribution is 5.95. The molecule has 0 radical (unpaired) electrons. The van der Waals surface area contributed by atoms with Crippen LogP contribution >= 0.6 is 0 Å². The summed E-state index contributed by atoms with van der Waals surface area (Å²) in [6, 6.07) is 7.36. The monoisotopic (exact) mass is 321 g/mol. The van der Waals surface area contributed by atoms with Crippen LogP contribution in [0.15, 0.2) is 42.9 Å². The fourth-order valence-electron chi connectivity index (χ4n) is 2.71. The number of aromatic nitrogens is 4. The Hall–Kier alpha value is -3.22. The van der Waals surface area contributed by atoms with Crippen molar-refractivity contribution in [3.8, 4) is 17.1 Å². The van der Waals surface area contributed by atoms with Crippen LogP contribution in [0.4, 0.5) is 0 Å². The first kappa shape index (κ1) is 14.4. The fraction of sp³-hybridized carbons (Fsp3) is 0.176. The number of benzene rings is 1. The Morgan fingerprint density at radius 1 is 1.17 bits per heavy atom. The zero-order chi connectivity index (χ0) is 16.5. The van der Waals surface area contributed by atoms with Gasteiger partial charge in [-0.25, -0.2) is 4.98 Å². The van der Waals surface area contributed by atoms with Crippen molar-refractivity contribution in [2.24, 2.45) is 7.05 Å². The van der Waals surface area contributed by atoms with E-state index in [2.05, 4.69) is 20.4 Å². The number of rotatable bonds is 0. The van der Waals surface area contributed by atoms with E-state index in [-0.39, 0.29) is 12.5 Å². The Kier molecular flexibility index (Phi) is 3.45. The average molecular weight is 321 g/mol. The molecule has 0 atom stereocenters. The quantitative estimate of drug-likeness (QED) is 0.681. The molecule has 1 aliphatic heterocycles. The number of fused-ring (bicyclic) bond motifs is 5. The van der Waals surface area contributed by atoms with E-state index >= 15 is 0 Å². The number of hydrogen-bond donors (Lipinski definition) is 1. The second-order valence-corrected chi connectivity index (χ2v) is 5.50. The van der Waals surface area contributed by atoms with Gasteiger partial charge < -0.3 is 10.1 Å². The molecule has 0 unspecified atom stereocenters. The van der Waals surface area contributed by atoms with E-state index in [4.69, 9.17) is 4.74 Å². The van der Waals surface area contributed by atoms with E-state index in [0.29, 0.717) is 23.7 Å². The highest BCUT2D eigenvalue weighted by Gasteiger charge is 2.17. The second-order valence-electron chi connectivity index (χ2n) is 5.50. The maximum atomic E-state index is 12.5. The molecule has 4 rings (SSSR count). The van der Waals surface area contributed by atoms with Crippen LogP contribution in [0, 0.1) is 0 Å². The molecule has 2 bridgehead atoms. The number of carbonyl (C=O) groups excluding carboxylic acids is 1. The molecule has 0 aliphatic carbocycles. The molecule has 7 nitrogen and oxygen atoms in total. The van der Waals surface area contributed by atoms with Crippen LogP contribution in [0.3, 0.4) is 0 Å². The normalized spacial score (nSPS) is 13.6. The van der Waals surface area contributed by atoms with Gasteiger partial charge in [0.15, 0.2) is 0 Å². The largest absolute Gasteiger partial charge is 0.472 e. The lowest BCUT2D eigenvalue weighted by molar-refractivity contribution is 0.0947. The third kappa shape index (κ3) is 2.50. The molecule has 1 amide bonds. The molecular weight excluding hydrogens is 306 g/mol. The van der Waals surface area contributed by atoms with E-state index in [1.54, 1.807) is 29.3 Å². The Balaban J connectivity index is 1.83. The summed E-state index contributed by atoms with van der Waals surface area (Å²) >= 11 is 0. The fourth-order valence-corrected chi connectivity index (χ4v) is 2.71. The number of nitrogens with one attached hydrogen (secondary N) is 1. The first-order valence-electron chi connectivity index (χ1n) is 7.54. The minimum atomic E-state index is -0.142. The van der Waals surface area contributed by atoms with Crippen LogP contribution in [0.5, 0.6) is 5.88 Å². The lowest BCUT2D eigenvalue weighted by Gasteiger charge is -2.14. The Morgan fingerprint density at radius 3 is 2.96 bits per heavy atom. The van der Waals surface area contributed by atoms with Gasteiger partial charge in [0.05, 0.1) is 36.5 Å². The van der Waals surface area contributed by atoms with Crippen LogP contribution in [-0.4, -0.2) is 25.7 Å². The summed E-state index contributed by atoms with van der Waals surface area (Å²) < 4.78 is 7.46. The summed E-state index contributed by atoms with van der Waals surface area (Å²) in [5, 5.41) is 7.21. The molecule has 1 N–H and O–H groups in total. The van der Waals surface area contributed by atoms with Crippen molar-refractivity contribution in [2.75, 3.05) is 0 Å². The van der Waals surface area contributed by atoms with Crippen molar-refractivity contribution in [1.29, 1.82) is 0 Å². The van der Waals surface area contributed by atoms with Crippen molar-refractivity contribution in [2.45, 2.75) is 13.2 Å². The SMILES string of the molecule is Cn1ncc2c1CNC(=O)c1ccccc1COc1cncc-2n1. The average Bonchev–Trinajstić information content (AvgIpc) is 2.98. The number of hydrogen-bond acceptors (Lipinski definition) is 5. The van der Waals surface area contributed by atoms with Gasteiger partial charge in [0.25, 0.3) is 5.91 Å². The molecule has 24 heavy (non-hydrogen) atoms. The molecule has 1 aromatic carbocycles. The highest BCUT2D eigenvalue weighted by Crippen LogP contribution is 2.24. The van der Waals surface area contributed by atoms with E-state index in [1.807, 2.05) is 25.2 Å². The third-order valence-electron chi connectivity index (χ3n) is 4.00. The van der Waals surface area contributed by atoms with Crippen LogP contribution in [-0.2, 0) is 20.2 Å². The van der Waals surface area contributed by atoms with Gasteiger partial charge in [-0.05, 0) is 6.07 Å². The Morgan fingerprint density at radius 2 is 2.04 bits per heavy atom. The molecule has 0 fully saturated rings. The zero-order valence-electron chi connectivity index (χ0n) is 13.1.